The summed E-state index contributed by atoms with van der Waals surface area (Å²) in [6.07, 6.45) is 0. The van der Waals surface area contributed by atoms with Crippen LogP contribution in [0, 0.1) is 13.8 Å². The predicted octanol–water partition coefficient (Wildman–Crippen LogP) is 3.88. The highest BCUT2D eigenvalue weighted by atomic mass is 32.2. The van der Waals surface area contributed by atoms with E-state index in [0.29, 0.717) is 0 Å². The molecule has 1 heterocycles. The summed E-state index contributed by atoms with van der Waals surface area (Å²) in [7, 11) is 0. The second kappa shape index (κ2) is 6.20. The lowest BCUT2D eigenvalue weighted by Crippen LogP contribution is -1.94. The molecule has 5 heteroatoms. The SMILES string of the molecule is CCNc1nnc(CSc2cc(C)ccc2C)s1. The van der Waals surface area contributed by atoms with Crippen LogP contribution in [0.25, 0.3) is 0 Å². The first-order valence-corrected chi connectivity index (χ1v) is 7.75. The second-order valence-corrected chi connectivity index (χ2v) is 6.17. The van der Waals surface area contributed by atoms with Crippen molar-refractivity contribution in [2.75, 3.05) is 11.9 Å². The maximum atomic E-state index is 4.19. The van der Waals surface area contributed by atoms with Crippen LogP contribution >= 0.6 is 23.1 Å². The Bertz CT molecular complexity index is 523. The normalized spacial score (nSPS) is 10.6. The summed E-state index contributed by atoms with van der Waals surface area (Å²) in [4.78, 5) is 1.33. The van der Waals surface area contributed by atoms with Crippen molar-refractivity contribution in [2.45, 2.75) is 31.4 Å². The number of aryl methyl sites for hydroxylation is 2. The van der Waals surface area contributed by atoms with Gasteiger partial charge in [-0.15, -0.1) is 22.0 Å². The van der Waals surface area contributed by atoms with Gasteiger partial charge in [0, 0.05) is 11.4 Å². The van der Waals surface area contributed by atoms with Gasteiger partial charge in [-0.1, -0.05) is 29.0 Å². The molecule has 1 N–H and O–H groups in total. The zero-order valence-electron chi connectivity index (χ0n) is 10.9. The standard InChI is InChI=1S/C13H17N3S2/c1-4-14-13-16-15-12(18-13)8-17-11-7-9(2)5-6-10(11)3/h5-7H,4,8H2,1-3H3,(H,14,16). The molecule has 0 bridgehead atoms. The molecule has 0 atom stereocenters. The summed E-state index contributed by atoms with van der Waals surface area (Å²) in [6.45, 7) is 7.22. The van der Waals surface area contributed by atoms with Gasteiger partial charge in [0.1, 0.15) is 5.01 Å². The van der Waals surface area contributed by atoms with Crippen molar-refractivity contribution in [3.05, 3.63) is 34.3 Å². The molecule has 0 spiro atoms. The predicted molar refractivity (Wildman–Crippen MR) is 79.5 cm³/mol. The van der Waals surface area contributed by atoms with E-state index in [1.54, 1.807) is 11.3 Å². The average Bonchev–Trinajstić information content (AvgIpc) is 2.79. The number of thioether (sulfide) groups is 1. The minimum Gasteiger partial charge on any atom is -0.360 e. The highest BCUT2D eigenvalue weighted by Crippen LogP contribution is 2.28. The Morgan fingerprint density at radius 3 is 2.89 bits per heavy atom. The molecule has 1 aromatic carbocycles. The van der Waals surface area contributed by atoms with Crippen molar-refractivity contribution in [1.29, 1.82) is 0 Å². The third-order valence-electron chi connectivity index (χ3n) is 2.49. The number of anilines is 1. The van der Waals surface area contributed by atoms with Gasteiger partial charge in [0.05, 0.1) is 5.75 Å². The number of nitrogens with zero attached hydrogens (tertiary/aromatic N) is 2. The maximum absolute atomic E-state index is 4.19. The van der Waals surface area contributed by atoms with Crippen LogP contribution in [0.2, 0.25) is 0 Å². The highest BCUT2D eigenvalue weighted by molar-refractivity contribution is 7.98. The van der Waals surface area contributed by atoms with E-state index in [1.807, 2.05) is 11.8 Å². The van der Waals surface area contributed by atoms with Crippen LogP contribution in [0.1, 0.15) is 23.1 Å². The van der Waals surface area contributed by atoms with E-state index < -0.39 is 0 Å². The molecule has 0 unspecified atom stereocenters. The van der Waals surface area contributed by atoms with Crippen molar-refractivity contribution in [2.24, 2.45) is 0 Å². The minimum atomic E-state index is 0.882. The highest BCUT2D eigenvalue weighted by Gasteiger charge is 2.05. The molecular formula is C13H17N3S2. The molecule has 0 fully saturated rings. The van der Waals surface area contributed by atoms with Crippen molar-refractivity contribution < 1.29 is 0 Å². The van der Waals surface area contributed by atoms with E-state index in [-0.39, 0.29) is 0 Å². The Morgan fingerprint density at radius 1 is 1.28 bits per heavy atom. The number of hydrogen-bond acceptors (Lipinski definition) is 5. The summed E-state index contributed by atoms with van der Waals surface area (Å²) >= 11 is 3.46. The lowest BCUT2D eigenvalue weighted by molar-refractivity contribution is 1.03. The van der Waals surface area contributed by atoms with Crippen LogP contribution in [0.5, 0.6) is 0 Å². The Morgan fingerprint density at radius 2 is 2.11 bits per heavy atom. The van der Waals surface area contributed by atoms with Gasteiger partial charge in [-0.25, -0.2) is 0 Å². The number of nitrogens with one attached hydrogen (secondary N) is 1. The van der Waals surface area contributed by atoms with E-state index in [2.05, 4.69) is 54.5 Å². The summed E-state index contributed by atoms with van der Waals surface area (Å²) in [5.74, 6) is 0.882. The number of benzene rings is 1. The topological polar surface area (TPSA) is 37.8 Å². The van der Waals surface area contributed by atoms with E-state index in [1.165, 1.54) is 16.0 Å². The lowest BCUT2D eigenvalue weighted by Gasteiger charge is -2.04. The van der Waals surface area contributed by atoms with Crippen LogP contribution in [0.15, 0.2) is 23.1 Å². The zero-order valence-corrected chi connectivity index (χ0v) is 12.5. The molecule has 0 saturated carbocycles. The van der Waals surface area contributed by atoms with E-state index in [0.717, 1.165) is 22.4 Å². The second-order valence-electron chi connectivity index (χ2n) is 4.09. The van der Waals surface area contributed by atoms with Crippen LogP contribution in [-0.4, -0.2) is 16.7 Å². The van der Waals surface area contributed by atoms with Gasteiger partial charge in [0.15, 0.2) is 0 Å². The Balaban J connectivity index is 1.99. The monoisotopic (exact) mass is 279 g/mol. The van der Waals surface area contributed by atoms with Gasteiger partial charge in [0.25, 0.3) is 0 Å². The third-order valence-corrected chi connectivity index (χ3v) is 4.72. The van der Waals surface area contributed by atoms with Crippen LogP contribution < -0.4 is 5.32 Å². The summed E-state index contributed by atoms with van der Waals surface area (Å²) in [6, 6.07) is 6.54. The molecule has 1 aromatic heterocycles. The van der Waals surface area contributed by atoms with Gasteiger partial charge in [0.2, 0.25) is 5.13 Å². The Hall–Kier alpha value is -1.07. The van der Waals surface area contributed by atoms with E-state index in [9.17, 15) is 0 Å². The fourth-order valence-electron chi connectivity index (χ4n) is 1.54. The van der Waals surface area contributed by atoms with Crippen LogP contribution in [-0.2, 0) is 5.75 Å². The van der Waals surface area contributed by atoms with E-state index in [4.69, 9.17) is 0 Å². The first-order valence-electron chi connectivity index (χ1n) is 5.95. The summed E-state index contributed by atoms with van der Waals surface area (Å²) in [5, 5.41) is 13.4. The molecule has 0 radical (unpaired) electrons. The Labute approximate surface area is 116 Å². The fraction of sp³-hybridized carbons (Fsp3) is 0.385. The molecular weight excluding hydrogens is 262 g/mol. The summed E-state index contributed by atoms with van der Waals surface area (Å²) in [5.41, 5.74) is 2.62. The van der Waals surface area contributed by atoms with Crippen LogP contribution in [0.3, 0.4) is 0 Å². The van der Waals surface area contributed by atoms with Crippen molar-refractivity contribution in [3.63, 3.8) is 0 Å². The first kappa shape index (κ1) is 13.4. The summed E-state index contributed by atoms with van der Waals surface area (Å²) < 4.78 is 0. The number of rotatable bonds is 5. The molecule has 18 heavy (non-hydrogen) atoms. The molecule has 0 aliphatic carbocycles. The smallest absolute Gasteiger partial charge is 0.205 e. The largest absolute Gasteiger partial charge is 0.360 e. The maximum Gasteiger partial charge on any atom is 0.205 e. The number of aromatic nitrogens is 2. The Kier molecular flexibility index (Phi) is 4.60. The minimum absolute atomic E-state index is 0.882. The first-order chi connectivity index (χ1) is 8.69. The average molecular weight is 279 g/mol. The molecule has 0 aliphatic heterocycles. The molecule has 96 valence electrons. The molecule has 0 aliphatic rings. The molecule has 3 nitrogen and oxygen atoms in total. The van der Waals surface area contributed by atoms with Crippen molar-refractivity contribution >= 4 is 28.2 Å². The molecule has 2 rings (SSSR count). The molecule has 0 saturated heterocycles. The van der Waals surface area contributed by atoms with Gasteiger partial charge in [-0.05, 0) is 32.4 Å². The molecule has 0 amide bonds. The quantitative estimate of drug-likeness (QED) is 0.843. The van der Waals surface area contributed by atoms with Crippen LogP contribution in [0.4, 0.5) is 5.13 Å². The van der Waals surface area contributed by atoms with Crippen molar-refractivity contribution in [3.8, 4) is 0 Å². The van der Waals surface area contributed by atoms with Gasteiger partial charge in [-0.2, -0.15) is 0 Å². The number of hydrogen-bond donors (Lipinski definition) is 1. The fourth-order valence-corrected chi connectivity index (χ4v) is 3.45. The van der Waals surface area contributed by atoms with Gasteiger partial charge in [-0.3, -0.25) is 0 Å². The van der Waals surface area contributed by atoms with Gasteiger partial charge < -0.3 is 5.32 Å². The lowest BCUT2D eigenvalue weighted by atomic mass is 10.2. The van der Waals surface area contributed by atoms with Gasteiger partial charge >= 0.3 is 0 Å². The molecule has 2 aromatic rings. The third kappa shape index (κ3) is 3.46. The zero-order chi connectivity index (χ0) is 13.0. The van der Waals surface area contributed by atoms with E-state index >= 15 is 0 Å². The van der Waals surface area contributed by atoms with Crippen molar-refractivity contribution in [1.82, 2.24) is 10.2 Å².